The van der Waals surface area contributed by atoms with Crippen molar-refractivity contribution in [3.8, 4) is 0 Å². The summed E-state index contributed by atoms with van der Waals surface area (Å²) in [5.74, 6) is -1.02. The number of amides is 4. The third-order valence-corrected chi connectivity index (χ3v) is 7.24. The quantitative estimate of drug-likeness (QED) is 0.408. The molecule has 0 unspecified atom stereocenters. The second-order valence-electron chi connectivity index (χ2n) is 8.93. The molecule has 3 aliphatic heterocycles. The number of benzene rings is 2. The van der Waals surface area contributed by atoms with Crippen LogP contribution in [0.3, 0.4) is 0 Å². The van der Waals surface area contributed by atoms with Gasteiger partial charge in [0.15, 0.2) is 5.41 Å². The Morgan fingerprint density at radius 1 is 1.15 bits per heavy atom. The topological polar surface area (TPSA) is 113 Å². The number of urea groups is 1. The van der Waals surface area contributed by atoms with Crippen LogP contribution in [0.5, 0.6) is 0 Å². The Labute approximate surface area is 194 Å². The third-order valence-electron chi connectivity index (χ3n) is 6.98. The third kappa shape index (κ3) is 3.18. The highest BCUT2D eigenvalue weighted by Crippen LogP contribution is 2.49. The van der Waals surface area contributed by atoms with E-state index in [1.807, 2.05) is 4.90 Å². The highest BCUT2D eigenvalue weighted by Gasteiger charge is 2.63. The van der Waals surface area contributed by atoms with Crippen molar-refractivity contribution in [2.24, 2.45) is 11.3 Å². The van der Waals surface area contributed by atoms with E-state index in [0.717, 1.165) is 17.0 Å². The summed E-state index contributed by atoms with van der Waals surface area (Å²) < 4.78 is 0. The number of nitro benzene ring substituents is 1. The Balaban J connectivity index is 1.68. The minimum atomic E-state index is -1.59. The molecule has 3 heterocycles. The number of non-ortho nitro benzene ring substituents is 1. The van der Waals surface area contributed by atoms with Crippen LogP contribution >= 0.6 is 11.6 Å². The number of nitrogens with zero attached hydrogens (tertiary/aromatic N) is 3. The van der Waals surface area contributed by atoms with Gasteiger partial charge in [0.25, 0.3) is 11.6 Å². The van der Waals surface area contributed by atoms with E-state index in [2.05, 4.69) is 12.2 Å². The molecule has 0 bridgehead atoms. The number of halogens is 1. The number of carbonyl (C=O) groups is 3. The molecule has 2 aromatic rings. The first-order chi connectivity index (χ1) is 15.7. The van der Waals surface area contributed by atoms with Crippen molar-refractivity contribution in [3.63, 3.8) is 0 Å². The Bertz CT molecular complexity index is 1200. The molecule has 0 radical (unpaired) electrons. The van der Waals surface area contributed by atoms with Gasteiger partial charge < -0.3 is 4.90 Å². The molecule has 4 amide bonds. The van der Waals surface area contributed by atoms with Crippen molar-refractivity contribution in [1.82, 2.24) is 5.32 Å². The zero-order chi connectivity index (χ0) is 23.5. The van der Waals surface area contributed by atoms with Gasteiger partial charge in [-0.3, -0.25) is 25.0 Å². The number of hydrogen-bond donors (Lipinski definition) is 1. The van der Waals surface area contributed by atoms with E-state index in [9.17, 15) is 24.5 Å². The summed E-state index contributed by atoms with van der Waals surface area (Å²) in [5.41, 5.74) is -0.0663. The van der Waals surface area contributed by atoms with E-state index in [0.29, 0.717) is 29.2 Å². The van der Waals surface area contributed by atoms with Gasteiger partial charge in [-0.25, -0.2) is 9.69 Å². The first-order valence-corrected chi connectivity index (χ1v) is 11.1. The molecule has 0 aliphatic carbocycles. The molecule has 2 aromatic carbocycles. The molecular formula is C23H21ClN4O5. The number of nitro groups is 1. The molecule has 2 fully saturated rings. The SMILES string of the molecule is C[C@H]1CCN2c3ccc([N+](=O)[O-])cc3C[C@@]3(C(=O)NC(=O)N(c4ccc(Cl)cc4)C3=O)[C@@H]2C1. The number of anilines is 2. The zero-order valence-corrected chi connectivity index (χ0v) is 18.5. The summed E-state index contributed by atoms with van der Waals surface area (Å²) in [6, 6.07) is 9.48. The lowest BCUT2D eigenvalue weighted by atomic mass is 9.64. The molecule has 5 rings (SSSR count). The number of carbonyl (C=O) groups excluding carboxylic acids is 3. The van der Waals surface area contributed by atoms with Crippen LogP contribution < -0.4 is 15.1 Å². The minimum absolute atomic E-state index is 0.0278. The molecule has 1 N–H and O–H groups in total. The first kappa shape index (κ1) is 21.4. The zero-order valence-electron chi connectivity index (χ0n) is 17.8. The fourth-order valence-corrected chi connectivity index (χ4v) is 5.48. The van der Waals surface area contributed by atoms with E-state index in [4.69, 9.17) is 11.6 Å². The maximum absolute atomic E-state index is 14.0. The van der Waals surface area contributed by atoms with Gasteiger partial charge in [-0.2, -0.15) is 0 Å². The largest absolute Gasteiger partial charge is 0.367 e. The molecule has 3 aliphatic rings. The van der Waals surface area contributed by atoms with Gasteiger partial charge in [0.1, 0.15) is 0 Å². The van der Waals surface area contributed by atoms with Gasteiger partial charge in [-0.05, 0) is 54.7 Å². The van der Waals surface area contributed by atoms with E-state index in [1.165, 1.54) is 12.1 Å². The summed E-state index contributed by atoms with van der Waals surface area (Å²) >= 11 is 5.97. The molecule has 2 saturated heterocycles. The number of nitrogens with one attached hydrogen (secondary N) is 1. The second-order valence-corrected chi connectivity index (χ2v) is 9.37. The number of rotatable bonds is 2. The van der Waals surface area contributed by atoms with Crippen LogP contribution in [-0.2, 0) is 16.0 Å². The molecule has 9 nitrogen and oxygen atoms in total. The summed E-state index contributed by atoms with van der Waals surface area (Å²) in [4.78, 5) is 54.2. The number of piperidine rings is 1. The van der Waals surface area contributed by atoms with Gasteiger partial charge in [0.2, 0.25) is 5.91 Å². The van der Waals surface area contributed by atoms with Gasteiger partial charge in [-0.15, -0.1) is 0 Å². The van der Waals surface area contributed by atoms with Gasteiger partial charge in [0, 0.05) is 35.8 Å². The second kappa shape index (κ2) is 7.55. The predicted molar refractivity (Wildman–Crippen MR) is 121 cm³/mol. The lowest BCUT2D eigenvalue weighted by Crippen LogP contribution is -2.73. The van der Waals surface area contributed by atoms with Crippen LogP contribution in [0.15, 0.2) is 42.5 Å². The molecular weight excluding hydrogens is 448 g/mol. The number of barbiturate groups is 1. The van der Waals surface area contributed by atoms with Crippen LogP contribution in [0.25, 0.3) is 0 Å². The van der Waals surface area contributed by atoms with Crippen LogP contribution in [0.4, 0.5) is 21.9 Å². The van der Waals surface area contributed by atoms with Crippen molar-refractivity contribution < 1.29 is 19.3 Å². The molecule has 1 spiro atoms. The smallest absolute Gasteiger partial charge is 0.335 e. The van der Waals surface area contributed by atoms with Crippen molar-refractivity contribution in [2.45, 2.75) is 32.2 Å². The number of fused-ring (bicyclic) bond motifs is 4. The van der Waals surface area contributed by atoms with Crippen molar-refractivity contribution in [3.05, 3.63) is 63.2 Å². The molecule has 170 valence electrons. The molecule has 0 aromatic heterocycles. The standard InChI is InChI=1S/C23H21ClN4O5/c1-13-8-9-26-18-7-6-17(28(32)33)11-14(18)12-23(19(26)10-13)20(29)25-22(31)27(21(23)30)16-4-2-15(24)3-5-16/h2-7,11,13,19H,8-10,12H2,1H3,(H,25,29,31)/t13-,19-,23-/m0/s1. The highest BCUT2D eigenvalue weighted by atomic mass is 35.5. The van der Waals surface area contributed by atoms with Crippen LogP contribution in [-0.4, -0.2) is 35.4 Å². The normalized spacial score (nSPS) is 26.7. The van der Waals surface area contributed by atoms with Gasteiger partial charge in [-0.1, -0.05) is 18.5 Å². The molecule has 33 heavy (non-hydrogen) atoms. The first-order valence-electron chi connectivity index (χ1n) is 10.7. The highest BCUT2D eigenvalue weighted by molar-refractivity contribution is 6.32. The van der Waals surface area contributed by atoms with E-state index < -0.39 is 34.2 Å². The average Bonchev–Trinajstić information content (AvgIpc) is 2.78. The molecule has 3 atom stereocenters. The fraction of sp³-hybridized carbons (Fsp3) is 0.348. The Morgan fingerprint density at radius 3 is 2.58 bits per heavy atom. The maximum Gasteiger partial charge on any atom is 0.335 e. The van der Waals surface area contributed by atoms with Crippen molar-refractivity contribution in [2.75, 3.05) is 16.3 Å². The Kier molecular flexibility index (Phi) is 4.89. The predicted octanol–water partition coefficient (Wildman–Crippen LogP) is 3.68. The minimum Gasteiger partial charge on any atom is -0.367 e. The molecule has 0 saturated carbocycles. The summed E-state index contributed by atoms with van der Waals surface area (Å²) in [5, 5.41) is 14.2. The van der Waals surface area contributed by atoms with E-state index in [-0.39, 0.29) is 18.0 Å². The Hall–Kier alpha value is -3.46. The van der Waals surface area contributed by atoms with Gasteiger partial charge >= 0.3 is 6.03 Å². The molecule has 10 heteroatoms. The van der Waals surface area contributed by atoms with Crippen molar-refractivity contribution in [1.29, 1.82) is 0 Å². The van der Waals surface area contributed by atoms with Crippen LogP contribution in [0.2, 0.25) is 5.02 Å². The lowest BCUT2D eigenvalue weighted by molar-refractivity contribution is -0.384. The monoisotopic (exact) mass is 468 g/mol. The summed E-state index contributed by atoms with van der Waals surface area (Å²) in [7, 11) is 0. The Morgan fingerprint density at radius 2 is 1.88 bits per heavy atom. The van der Waals surface area contributed by atoms with Gasteiger partial charge in [0.05, 0.1) is 16.7 Å². The summed E-state index contributed by atoms with van der Waals surface area (Å²) in [6.45, 7) is 2.68. The number of hydrogen-bond acceptors (Lipinski definition) is 6. The van der Waals surface area contributed by atoms with Crippen LogP contribution in [0.1, 0.15) is 25.3 Å². The summed E-state index contributed by atoms with van der Waals surface area (Å²) in [6.07, 6.45) is 1.41. The lowest BCUT2D eigenvalue weighted by Gasteiger charge is -2.54. The average molecular weight is 469 g/mol. The maximum atomic E-state index is 14.0. The van der Waals surface area contributed by atoms with E-state index in [1.54, 1.807) is 30.3 Å². The number of imide groups is 2. The fourth-order valence-electron chi connectivity index (χ4n) is 5.35. The van der Waals surface area contributed by atoms with Crippen LogP contribution in [0, 0.1) is 21.4 Å². The van der Waals surface area contributed by atoms with Crippen molar-refractivity contribution >= 4 is 46.5 Å². The van der Waals surface area contributed by atoms with E-state index >= 15 is 0 Å².